The van der Waals surface area contributed by atoms with E-state index in [1.54, 1.807) is 10.8 Å². The number of halogens is 3. The fraction of sp³-hybridized carbons (Fsp3) is 0.636. The first-order valence-electron chi connectivity index (χ1n) is 5.62. The van der Waals surface area contributed by atoms with E-state index in [1.807, 2.05) is 12.3 Å². The fourth-order valence-corrected chi connectivity index (χ4v) is 1.55. The standard InChI is InChI=1S/C11H15F3N2O/c12-11(13,14)17-6-5-16-4-3-9(8-16)7-15-10-1-2-10/h3-4,8,10,15H,1-2,5-7H2. The lowest BCUT2D eigenvalue weighted by atomic mass is 10.3. The summed E-state index contributed by atoms with van der Waals surface area (Å²) >= 11 is 0. The normalized spacial score (nSPS) is 16.4. The minimum Gasteiger partial charge on any atom is -0.352 e. The Balaban J connectivity index is 1.69. The summed E-state index contributed by atoms with van der Waals surface area (Å²) in [7, 11) is 0. The minimum absolute atomic E-state index is 0.211. The Morgan fingerprint density at radius 2 is 2.18 bits per heavy atom. The van der Waals surface area contributed by atoms with Gasteiger partial charge in [-0.05, 0) is 24.5 Å². The van der Waals surface area contributed by atoms with Crippen molar-refractivity contribution in [1.82, 2.24) is 9.88 Å². The molecule has 3 nitrogen and oxygen atoms in total. The lowest BCUT2D eigenvalue weighted by Gasteiger charge is -2.07. The molecule has 96 valence electrons. The van der Waals surface area contributed by atoms with Gasteiger partial charge in [0, 0.05) is 31.5 Å². The second kappa shape index (κ2) is 5.10. The maximum absolute atomic E-state index is 11.7. The monoisotopic (exact) mass is 248 g/mol. The number of hydrogen-bond donors (Lipinski definition) is 1. The summed E-state index contributed by atoms with van der Waals surface area (Å²) in [5.74, 6) is 0. The van der Waals surface area contributed by atoms with Crippen LogP contribution in [0.4, 0.5) is 13.2 Å². The first-order chi connectivity index (χ1) is 8.03. The van der Waals surface area contributed by atoms with Gasteiger partial charge in [0.2, 0.25) is 0 Å². The van der Waals surface area contributed by atoms with Gasteiger partial charge in [0.25, 0.3) is 0 Å². The van der Waals surface area contributed by atoms with Crippen molar-refractivity contribution in [3.8, 4) is 0 Å². The first kappa shape index (κ1) is 12.4. The van der Waals surface area contributed by atoms with Crippen molar-refractivity contribution < 1.29 is 17.9 Å². The van der Waals surface area contributed by atoms with E-state index < -0.39 is 6.36 Å². The summed E-state index contributed by atoms with van der Waals surface area (Å²) in [6, 6.07) is 2.54. The average Bonchev–Trinajstić information content (AvgIpc) is 2.95. The SMILES string of the molecule is FC(F)(F)OCCn1ccc(CNC2CC2)c1. The molecule has 0 atom stereocenters. The number of hydrogen-bond acceptors (Lipinski definition) is 2. The highest BCUT2D eigenvalue weighted by Gasteiger charge is 2.28. The van der Waals surface area contributed by atoms with E-state index in [-0.39, 0.29) is 13.2 Å². The maximum atomic E-state index is 11.7. The molecule has 0 spiro atoms. The lowest BCUT2D eigenvalue weighted by molar-refractivity contribution is -0.325. The Kier molecular flexibility index (Phi) is 3.73. The van der Waals surface area contributed by atoms with Gasteiger partial charge >= 0.3 is 6.36 Å². The molecule has 1 heterocycles. The third kappa shape index (κ3) is 4.79. The highest BCUT2D eigenvalue weighted by atomic mass is 19.4. The van der Waals surface area contributed by atoms with Crippen molar-refractivity contribution in [1.29, 1.82) is 0 Å². The smallest absolute Gasteiger partial charge is 0.352 e. The third-order valence-corrected chi connectivity index (χ3v) is 2.60. The predicted molar refractivity (Wildman–Crippen MR) is 56.3 cm³/mol. The molecule has 17 heavy (non-hydrogen) atoms. The minimum atomic E-state index is -4.54. The second-order valence-electron chi connectivity index (χ2n) is 4.21. The van der Waals surface area contributed by atoms with Gasteiger partial charge in [-0.15, -0.1) is 13.2 Å². The second-order valence-corrected chi connectivity index (χ2v) is 4.21. The topological polar surface area (TPSA) is 26.2 Å². The van der Waals surface area contributed by atoms with Crippen molar-refractivity contribution in [2.75, 3.05) is 6.61 Å². The Labute approximate surface area is 97.6 Å². The van der Waals surface area contributed by atoms with Crippen LogP contribution in [0.3, 0.4) is 0 Å². The van der Waals surface area contributed by atoms with Crippen molar-refractivity contribution >= 4 is 0 Å². The summed E-state index contributed by atoms with van der Waals surface area (Å²) in [4.78, 5) is 0. The Bertz CT molecular complexity index is 358. The van der Waals surface area contributed by atoms with Gasteiger partial charge in [-0.25, -0.2) is 0 Å². The lowest BCUT2D eigenvalue weighted by Crippen LogP contribution is -2.17. The largest absolute Gasteiger partial charge is 0.522 e. The van der Waals surface area contributed by atoms with Crippen LogP contribution >= 0.6 is 0 Å². The maximum Gasteiger partial charge on any atom is 0.522 e. The van der Waals surface area contributed by atoms with Gasteiger partial charge in [-0.1, -0.05) is 0 Å². The summed E-state index contributed by atoms with van der Waals surface area (Å²) in [6.45, 7) is 0.633. The van der Waals surface area contributed by atoms with Gasteiger partial charge in [0.1, 0.15) is 0 Å². The van der Waals surface area contributed by atoms with Crippen molar-refractivity contribution in [2.24, 2.45) is 0 Å². The van der Waals surface area contributed by atoms with E-state index in [2.05, 4.69) is 10.1 Å². The average molecular weight is 248 g/mol. The first-order valence-corrected chi connectivity index (χ1v) is 5.62. The molecule has 1 aromatic heterocycles. The number of rotatable bonds is 6. The highest BCUT2D eigenvalue weighted by Crippen LogP contribution is 2.19. The molecule has 0 aliphatic heterocycles. The zero-order valence-electron chi connectivity index (χ0n) is 9.33. The molecule has 0 amide bonds. The molecular weight excluding hydrogens is 233 g/mol. The van der Waals surface area contributed by atoms with Crippen molar-refractivity contribution in [3.63, 3.8) is 0 Å². The molecular formula is C11H15F3N2O. The molecule has 1 aromatic rings. The quantitative estimate of drug-likeness (QED) is 0.835. The van der Waals surface area contributed by atoms with E-state index in [0.29, 0.717) is 6.04 Å². The third-order valence-electron chi connectivity index (χ3n) is 2.60. The number of ether oxygens (including phenoxy) is 1. The number of nitrogens with zero attached hydrogens (tertiary/aromatic N) is 1. The van der Waals surface area contributed by atoms with E-state index >= 15 is 0 Å². The Hall–Kier alpha value is -1.01. The van der Waals surface area contributed by atoms with Gasteiger partial charge in [0.05, 0.1) is 6.61 Å². The van der Waals surface area contributed by atoms with Crippen LogP contribution in [0, 0.1) is 0 Å². The van der Waals surface area contributed by atoms with E-state index in [9.17, 15) is 13.2 Å². The number of aromatic nitrogens is 1. The van der Waals surface area contributed by atoms with Gasteiger partial charge < -0.3 is 9.88 Å². The molecule has 0 aromatic carbocycles. The van der Waals surface area contributed by atoms with Gasteiger partial charge in [0.15, 0.2) is 0 Å². The fourth-order valence-electron chi connectivity index (χ4n) is 1.55. The van der Waals surface area contributed by atoms with Gasteiger partial charge in [-0.3, -0.25) is 4.74 Å². The van der Waals surface area contributed by atoms with E-state index in [1.165, 1.54) is 12.8 Å². The van der Waals surface area contributed by atoms with Crippen LogP contribution in [-0.2, 0) is 17.8 Å². The van der Waals surface area contributed by atoms with Crippen LogP contribution in [0.2, 0.25) is 0 Å². The van der Waals surface area contributed by atoms with Crippen LogP contribution in [0.25, 0.3) is 0 Å². The van der Waals surface area contributed by atoms with Crippen molar-refractivity contribution in [3.05, 3.63) is 24.0 Å². The summed E-state index contributed by atoms with van der Waals surface area (Å²) in [6.07, 6.45) is 1.52. The predicted octanol–water partition coefficient (Wildman–Crippen LogP) is 2.28. The molecule has 1 fully saturated rings. The van der Waals surface area contributed by atoms with E-state index in [0.717, 1.165) is 12.1 Å². The van der Waals surface area contributed by atoms with Crippen LogP contribution in [0.15, 0.2) is 18.5 Å². The zero-order valence-corrected chi connectivity index (χ0v) is 9.33. The summed E-state index contributed by atoms with van der Waals surface area (Å²) in [5, 5.41) is 3.34. The molecule has 1 N–H and O–H groups in total. The molecule has 2 rings (SSSR count). The van der Waals surface area contributed by atoms with Gasteiger partial charge in [-0.2, -0.15) is 0 Å². The molecule has 0 radical (unpaired) electrons. The molecule has 0 unspecified atom stereocenters. The summed E-state index contributed by atoms with van der Waals surface area (Å²) in [5.41, 5.74) is 1.09. The zero-order chi connectivity index (χ0) is 12.3. The summed E-state index contributed by atoms with van der Waals surface area (Å²) < 4.78 is 40.6. The number of nitrogens with one attached hydrogen (secondary N) is 1. The van der Waals surface area contributed by atoms with E-state index in [4.69, 9.17) is 0 Å². The Morgan fingerprint density at radius 1 is 1.41 bits per heavy atom. The highest BCUT2D eigenvalue weighted by molar-refractivity contribution is 5.10. The molecule has 1 aliphatic carbocycles. The molecule has 1 saturated carbocycles. The molecule has 0 bridgehead atoms. The van der Waals surface area contributed by atoms with Crippen LogP contribution in [0.5, 0.6) is 0 Å². The molecule has 0 saturated heterocycles. The van der Waals surface area contributed by atoms with Crippen LogP contribution < -0.4 is 5.32 Å². The molecule has 6 heteroatoms. The van der Waals surface area contributed by atoms with Crippen LogP contribution in [0.1, 0.15) is 18.4 Å². The van der Waals surface area contributed by atoms with Crippen LogP contribution in [-0.4, -0.2) is 23.6 Å². The Morgan fingerprint density at radius 3 is 2.82 bits per heavy atom. The molecule has 1 aliphatic rings. The number of alkyl halides is 3. The van der Waals surface area contributed by atoms with Crippen molar-refractivity contribution in [2.45, 2.75) is 38.3 Å².